The Bertz CT molecular complexity index is 1940. The molecule has 0 unspecified atom stereocenters. The molecule has 2 heterocycles. The molecule has 2 aromatic heterocycles. The smallest absolute Gasteiger partial charge is 0.336 e. The third-order valence-corrected chi connectivity index (χ3v) is 6.66. The molecule has 0 atom stereocenters. The van der Waals surface area contributed by atoms with Crippen LogP contribution in [0.5, 0.6) is 0 Å². The molecule has 0 bridgehead atoms. The normalized spacial score (nSPS) is 11.1. The fourth-order valence-electron chi connectivity index (χ4n) is 4.47. The first-order valence-corrected chi connectivity index (χ1v) is 12.1. The number of pyridine rings is 1. The molecule has 5 aromatic rings. The molecule has 1 N–H and O–H groups in total. The van der Waals surface area contributed by atoms with Crippen molar-refractivity contribution in [3.05, 3.63) is 127 Å². The zero-order valence-electron chi connectivity index (χ0n) is 20.5. The highest BCUT2D eigenvalue weighted by Gasteiger charge is 2.21. The quantitative estimate of drug-likeness (QED) is 0.340. The first-order valence-electron chi connectivity index (χ1n) is 11.7. The number of nitriles is 1. The summed E-state index contributed by atoms with van der Waals surface area (Å²) in [5, 5.41) is 18.8. The van der Waals surface area contributed by atoms with Crippen molar-refractivity contribution in [3.8, 4) is 22.9 Å². The Morgan fingerprint density at radius 3 is 2.49 bits per heavy atom. The molecule has 7 nitrogen and oxygen atoms in total. The van der Waals surface area contributed by atoms with E-state index in [9.17, 15) is 24.3 Å². The van der Waals surface area contributed by atoms with Crippen molar-refractivity contribution < 1.29 is 13.9 Å². The average molecular weight is 545 g/mol. The number of aliphatic hydroxyl groups is 1. The van der Waals surface area contributed by atoms with Gasteiger partial charge in [0, 0.05) is 16.8 Å². The summed E-state index contributed by atoms with van der Waals surface area (Å²) in [6.45, 7) is 1.27. The Hall–Kier alpha value is -4.65. The third kappa shape index (κ3) is 4.72. The van der Waals surface area contributed by atoms with Crippen LogP contribution in [0.1, 0.15) is 22.3 Å². The third-order valence-electron chi connectivity index (χ3n) is 6.33. The van der Waals surface area contributed by atoms with Crippen molar-refractivity contribution in [1.29, 1.82) is 5.26 Å². The summed E-state index contributed by atoms with van der Waals surface area (Å²) in [6.07, 6.45) is 2.87. The highest BCUT2D eigenvalue weighted by atomic mass is 35.5. The Balaban J connectivity index is 1.86. The summed E-state index contributed by atoms with van der Waals surface area (Å²) in [5.41, 5.74) is 0.509. The zero-order valence-corrected chi connectivity index (χ0v) is 21.2. The number of fused-ring (bicyclic) bond motifs is 1. The Labute approximate surface area is 225 Å². The molecule has 3 aromatic carbocycles. The number of aliphatic hydroxyl groups excluding tert-OH is 1. The molecule has 0 aliphatic carbocycles. The lowest BCUT2D eigenvalue weighted by Gasteiger charge is -2.17. The molecule has 5 rings (SSSR count). The predicted molar refractivity (Wildman–Crippen MR) is 143 cm³/mol. The minimum atomic E-state index is -0.891. The molecule has 10 heteroatoms. The van der Waals surface area contributed by atoms with Gasteiger partial charge in [-0.1, -0.05) is 23.7 Å². The maximum absolute atomic E-state index is 15.8. The highest BCUT2D eigenvalue weighted by Crippen LogP contribution is 2.32. The molecule has 194 valence electrons. The SMILES string of the molecule is Cc1cncc(-n2c(=O)c3c(F)cc(-c4cc(CO)ccc4Cl)cc3n(Cc3ccc(F)c(C#N)c3)c2=O)c1. The first kappa shape index (κ1) is 26.0. The summed E-state index contributed by atoms with van der Waals surface area (Å²) in [5.74, 6) is -1.61. The standard InChI is InChI=1S/C29H19ClF2N4O3/c1-16-6-21(13-34-12-16)36-28(38)27-25(32)9-19(22-8-18(15-37)2-4-23(22)30)10-26(27)35(29(36)39)14-17-3-5-24(31)20(7-17)11-33/h2-10,12-13,37H,14-15H2,1H3. The molecule has 0 radical (unpaired) electrons. The van der Waals surface area contributed by atoms with E-state index in [0.29, 0.717) is 22.3 Å². The number of benzene rings is 3. The van der Waals surface area contributed by atoms with Gasteiger partial charge in [-0.15, -0.1) is 0 Å². The van der Waals surface area contributed by atoms with Gasteiger partial charge in [-0.05, 0) is 71.6 Å². The molecule has 0 amide bonds. The fraction of sp³-hybridized carbons (Fsp3) is 0.103. The predicted octanol–water partition coefficient (Wildman–Crippen LogP) is 4.87. The zero-order chi connectivity index (χ0) is 27.8. The van der Waals surface area contributed by atoms with E-state index in [2.05, 4.69) is 4.98 Å². The van der Waals surface area contributed by atoms with Gasteiger partial charge in [0.25, 0.3) is 5.56 Å². The molecule has 0 aliphatic heterocycles. The maximum atomic E-state index is 15.8. The number of hydrogen-bond donors (Lipinski definition) is 1. The van der Waals surface area contributed by atoms with Crippen LogP contribution in [0.4, 0.5) is 8.78 Å². The van der Waals surface area contributed by atoms with Crippen LogP contribution in [-0.4, -0.2) is 19.2 Å². The van der Waals surface area contributed by atoms with E-state index in [-0.39, 0.29) is 45.9 Å². The lowest BCUT2D eigenvalue weighted by molar-refractivity contribution is 0.282. The van der Waals surface area contributed by atoms with Crippen molar-refractivity contribution in [2.75, 3.05) is 0 Å². The van der Waals surface area contributed by atoms with Gasteiger partial charge in [0.2, 0.25) is 0 Å². The maximum Gasteiger partial charge on any atom is 0.336 e. The molecule has 0 fully saturated rings. The number of halogens is 3. The van der Waals surface area contributed by atoms with Gasteiger partial charge in [-0.3, -0.25) is 14.3 Å². The van der Waals surface area contributed by atoms with E-state index < -0.39 is 22.9 Å². The highest BCUT2D eigenvalue weighted by molar-refractivity contribution is 6.33. The van der Waals surface area contributed by atoms with Crippen LogP contribution < -0.4 is 11.2 Å². The second kappa shape index (κ2) is 10.3. The van der Waals surface area contributed by atoms with Crippen LogP contribution in [0.2, 0.25) is 5.02 Å². The molecule has 0 spiro atoms. The van der Waals surface area contributed by atoms with Crippen LogP contribution in [0.3, 0.4) is 0 Å². The van der Waals surface area contributed by atoms with E-state index in [1.807, 2.05) is 0 Å². The van der Waals surface area contributed by atoms with Gasteiger partial charge in [0.05, 0.1) is 36.1 Å². The average Bonchev–Trinajstić information content (AvgIpc) is 2.92. The van der Waals surface area contributed by atoms with Crippen molar-refractivity contribution in [2.45, 2.75) is 20.1 Å². The fourth-order valence-corrected chi connectivity index (χ4v) is 4.69. The second-order valence-electron chi connectivity index (χ2n) is 8.98. The van der Waals surface area contributed by atoms with Crippen LogP contribution in [0.15, 0.2) is 76.6 Å². The van der Waals surface area contributed by atoms with Gasteiger partial charge in [0.15, 0.2) is 0 Å². The summed E-state index contributed by atoms with van der Waals surface area (Å²) in [6, 6.07) is 14.5. The summed E-state index contributed by atoms with van der Waals surface area (Å²) in [4.78, 5) is 31.5. The van der Waals surface area contributed by atoms with Gasteiger partial charge in [-0.25, -0.2) is 18.1 Å². The summed E-state index contributed by atoms with van der Waals surface area (Å²) >= 11 is 6.38. The number of hydrogen-bond acceptors (Lipinski definition) is 5. The van der Waals surface area contributed by atoms with Gasteiger partial charge < -0.3 is 5.11 Å². The van der Waals surface area contributed by atoms with E-state index in [1.54, 1.807) is 43.5 Å². The number of aryl methyl sites for hydroxylation is 1. The van der Waals surface area contributed by atoms with Crippen LogP contribution in [0, 0.1) is 29.9 Å². The first-order chi connectivity index (χ1) is 18.7. The van der Waals surface area contributed by atoms with Gasteiger partial charge in [-0.2, -0.15) is 5.26 Å². The molecular weight excluding hydrogens is 526 g/mol. The topological polar surface area (TPSA) is 101 Å². The second-order valence-corrected chi connectivity index (χ2v) is 9.39. The molecule has 0 aliphatic rings. The van der Waals surface area contributed by atoms with Gasteiger partial charge in [0.1, 0.15) is 23.1 Å². The van der Waals surface area contributed by atoms with Crippen LogP contribution in [0.25, 0.3) is 27.7 Å². The number of aromatic nitrogens is 3. The molecule has 0 saturated heterocycles. The van der Waals surface area contributed by atoms with Crippen molar-refractivity contribution >= 4 is 22.5 Å². The van der Waals surface area contributed by atoms with Crippen molar-refractivity contribution in [2.24, 2.45) is 0 Å². The van der Waals surface area contributed by atoms with E-state index >= 15 is 4.39 Å². The van der Waals surface area contributed by atoms with Crippen LogP contribution >= 0.6 is 11.6 Å². The van der Waals surface area contributed by atoms with Gasteiger partial charge >= 0.3 is 5.69 Å². The Kier molecular flexibility index (Phi) is 6.83. The molecule has 0 saturated carbocycles. The lowest BCUT2D eigenvalue weighted by atomic mass is 10.0. The Morgan fingerprint density at radius 2 is 1.77 bits per heavy atom. The monoisotopic (exact) mass is 544 g/mol. The van der Waals surface area contributed by atoms with Crippen molar-refractivity contribution in [1.82, 2.24) is 14.1 Å². The van der Waals surface area contributed by atoms with E-state index in [0.717, 1.165) is 16.7 Å². The van der Waals surface area contributed by atoms with E-state index in [1.165, 1.54) is 29.0 Å². The largest absolute Gasteiger partial charge is 0.392 e. The summed E-state index contributed by atoms with van der Waals surface area (Å²) in [7, 11) is 0. The lowest BCUT2D eigenvalue weighted by Crippen LogP contribution is -2.39. The number of rotatable bonds is 5. The van der Waals surface area contributed by atoms with Crippen LogP contribution in [-0.2, 0) is 13.2 Å². The number of nitrogens with zero attached hydrogens (tertiary/aromatic N) is 4. The van der Waals surface area contributed by atoms with Crippen molar-refractivity contribution in [3.63, 3.8) is 0 Å². The summed E-state index contributed by atoms with van der Waals surface area (Å²) < 4.78 is 31.8. The minimum absolute atomic E-state index is 0.0230. The minimum Gasteiger partial charge on any atom is -0.392 e. The molecule has 39 heavy (non-hydrogen) atoms. The Morgan fingerprint density at radius 1 is 1.00 bits per heavy atom. The molecular formula is C29H19ClF2N4O3. The van der Waals surface area contributed by atoms with E-state index in [4.69, 9.17) is 11.6 Å².